The first-order chi connectivity index (χ1) is 8.16. The van der Waals surface area contributed by atoms with Gasteiger partial charge in [-0.05, 0) is 36.9 Å². The van der Waals surface area contributed by atoms with Crippen molar-refractivity contribution in [3.05, 3.63) is 41.9 Å². The molecule has 0 aliphatic heterocycles. The Bertz CT molecular complexity index is 546. The molecule has 0 bridgehead atoms. The van der Waals surface area contributed by atoms with E-state index in [-0.39, 0.29) is 5.56 Å². The fraction of sp³-hybridized carbons (Fsp3) is 0.0909. The lowest BCUT2D eigenvalue weighted by molar-refractivity contribution is 0.0692. The van der Waals surface area contributed by atoms with Gasteiger partial charge in [-0.2, -0.15) is 0 Å². The van der Waals surface area contributed by atoms with E-state index < -0.39 is 5.97 Å². The summed E-state index contributed by atoms with van der Waals surface area (Å²) >= 11 is 1.14. The fourth-order valence-electron chi connectivity index (χ4n) is 1.20. The Labute approximate surface area is 102 Å². The minimum atomic E-state index is -1.00. The Morgan fingerprint density at radius 3 is 2.65 bits per heavy atom. The molecule has 86 valence electrons. The number of carboxylic acids is 1. The van der Waals surface area contributed by atoms with Crippen LogP contribution < -0.4 is 0 Å². The largest absolute Gasteiger partial charge is 0.478 e. The van der Waals surface area contributed by atoms with Gasteiger partial charge in [-0.1, -0.05) is 0 Å². The van der Waals surface area contributed by atoms with Crippen LogP contribution in [0, 0.1) is 6.92 Å². The topological polar surface area (TPSA) is 76.0 Å². The van der Waals surface area contributed by atoms with Gasteiger partial charge in [0.1, 0.15) is 5.03 Å². The zero-order chi connectivity index (χ0) is 12.3. The zero-order valence-electron chi connectivity index (χ0n) is 8.99. The lowest BCUT2D eigenvalue weighted by Gasteiger charge is -2.04. The lowest BCUT2D eigenvalue weighted by atomic mass is 10.2. The molecule has 1 N–H and O–H groups in total. The van der Waals surface area contributed by atoms with Gasteiger partial charge in [0.15, 0.2) is 5.16 Å². The number of aromatic nitrogens is 3. The van der Waals surface area contributed by atoms with E-state index in [0.29, 0.717) is 10.2 Å². The Hall–Kier alpha value is -1.95. The van der Waals surface area contributed by atoms with E-state index in [9.17, 15) is 4.79 Å². The third kappa shape index (κ3) is 2.79. The lowest BCUT2D eigenvalue weighted by Crippen LogP contribution is -2.02. The number of carbonyl (C=O) groups is 1. The highest BCUT2D eigenvalue weighted by molar-refractivity contribution is 7.99. The van der Waals surface area contributed by atoms with Gasteiger partial charge in [0, 0.05) is 18.1 Å². The molecule has 0 spiro atoms. The summed E-state index contributed by atoms with van der Waals surface area (Å²) < 4.78 is 0. The van der Waals surface area contributed by atoms with E-state index in [4.69, 9.17) is 5.11 Å². The van der Waals surface area contributed by atoms with Crippen molar-refractivity contribution in [2.45, 2.75) is 17.1 Å². The summed E-state index contributed by atoms with van der Waals surface area (Å²) in [5.74, 6) is -1.00. The van der Waals surface area contributed by atoms with Crippen LogP contribution in [0.4, 0.5) is 0 Å². The Morgan fingerprint density at radius 1 is 1.29 bits per heavy atom. The third-order valence-corrected chi connectivity index (χ3v) is 2.86. The van der Waals surface area contributed by atoms with Crippen LogP contribution in [0.1, 0.15) is 16.1 Å². The molecule has 0 atom stereocenters. The number of carboxylic acid groups (broad SMARTS) is 1. The molecule has 5 nitrogen and oxygen atoms in total. The van der Waals surface area contributed by atoms with Crippen LogP contribution in [0.2, 0.25) is 0 Å². The second-order valence-corrected chi connectivity index (χ2v) is 4.20. The Morgan fingerprint density at radius 2 is 2.00 bits per heavy atom. The molecule has 2 heterocycles. The van der Waals surface area contributed by atoms with E-state index in [1.807, 2.05) is 6.92 Å². The molecule has 2 rings (SSSR count). The number of nitrogens with zero attached hydrogens (tertiary/aromatic N) is 3. The number of hydrogen-bond donors (Lipinski definition) is 1. The highest BCUT2D eigenvalue weighted by Gasteiger charge is 2.13. The fourth-order valence-corrected chi connectivity index (χ4v) is 2.05. The van der Waals surface area contributed by atoms with E-state index >= 15 is 0 Å². The van der Waals surface area contributed by atoms with Crippen LogP contribution in [0.5, 0.6) is 0 Å². The van der Waals surface area contributed by atoms with Gasteiger partial charge < -0.3 is 5.11 Å². The third-order valence-electron chi connectivity index (χ3n) is 1.96. The highest BCUT2D eigenvalue weighted by Crippen LogP contribution is 2.25. The van der Waals surface area contributed by atoms with E-state index in [0.717, 1.165) is 17.5 Å². The predicted octanol–water partition coefficient (Wildman–Crippen LogP) is 2.03. The first-order valence-corrected chi connectivity index (χ1v) is 5.64. The maximum atomic E-state index is 11.0. The van der Waals surface area contributed by atoms with E-state index in [2.05, 4.69) is 15.0 Å². The molecule has 2 aromatic heterocycles. The first-order valence-electron chi connectivity index (χ1n) is 4.82. The SMILES string of the molecule is Cc1ccc(C(=O)O)c(Sc2ncccn2)n1. The minimum absolute atomic E-state index is 0.160. The smallest absolute Gasteiger partial charge is 0.338 e. The van der Waals surface area contributed by atoms with Crippen molar-refractivity contribution in [2.24, 2.45) is 0 Å². The van der Waals surface area contributed by atoms with Gasteiger partial charge in [-0.3, -0.25) is 0 Å². The summed E-state index contributed by atoms with van der Waals surface area (Å²) in [6, 6.07) is 4.90. The zero-order valence-corrected chi connectivity index (χ0v) is 9.81. The Balaban J connectivity index is 2.37. The average Bonchev–Trinajstić information content (AvgIpc) is 2.30. The molecule has 0 amide bonds. The molecule has 0 saturated heterocycles. The molecule has 0 fully saturated rings. The maximum absolute atomic E-state index is 11.0. The van der Waals surface area contributed by atoms with Crippen molar-refractivity contribution in [1.29, 1.82) is 0 Å². The summed E-state index contributed by atoms with van der Waals surface area (Å²) in [7, 11) is 0. The van der Waals surface area contributed by atoms with Crippen molar-refractivity contribution in [1.82, 2.24) is 15.0 Å². The van der Waals surface area contributed by atoms with Crippen molar-refractivity contribution in [3.63, 3.8) is 0 Å². The van der Waals surface area contributed by atoms with Crippen LogP contribution in [-0.2, 0) is 0 Å². The summed E-state index contributed by atoms with van der Waals surface area (Å²) in [4.78, 5) is 23.3. The molecule has 2 aromatic rings. The van der Waals surface area contributed by atoms with Crippen molar-refractivity contribution in [2.75, 3.05) is 0 Å². The molecular weight excluding hydrogens is 238 g/mol. The standard InChI is InChI=1S/C11H9N3O2S/c1-7-3-4-8(10(15)16)9(14-7)17-11-12-5-2-6-13-11/h2-6H,1H3,(H,15,16). The van der Waals surface area contributed by atoms with Crippen molar-refractivity contribution in [3.8, 4) is 0 Å². The Kier molecular flexibility index (Phi) is 3.34. The predicted molar refractivity (Wildman–Crippen MR) is 62.1 cm³/mol. The molecule has 0 aromatic carbocycles. The number of aryl methyl sites for hydroxylation is 1. The van der Waals surface area contributed by atoms with Gasteiger partial charge in [-0.15, -0.1) is 0 Å². The number of aromatic carboxylic acids is 1. The molecule has 6 heteroatoms. The molecule has 0 aliphatic rings. The monoisotopic (exact) mass is 247 g/mol. The molecule has 0 saturated carbocycles. The summed E-state index contributed by atoms with van der Waals surface area (Å²) in [5.41, 5.74) is 0.918. The normalized spacial score (nSPS) is 10.2. The van der Waals surface area contributed by atoms with E-state index in [1.54, 1.807) is 24.5 Å². The van der Waals surface area contributed by atoms with Gasteiger partial charge in [0.2, 0.25) is 0 Å². The molecule has 0 aliphatic carbocycles. The number of pyridine rings is 1. The number of hydrogen-bond acceptors (Lipinski definition) is 5. The second-order valence-electron chi connectivity index (χ2n) is 3.24. The summed E-state index contributed by atoms with van der Waals surface area (Å²) in [6.45, 7) is 1.81. The molecular formula is C11H9N3O2S. The van der Waals surface area contributed by atoms with Crippen LogP contribution >= 0.6 is 11.8 Å². The second kappa shape index (κ2) is 4.92. The van der Waals surface area contributed by atoms with E-state index in [1.165, 1.54) is 6.07 Å². The van der Waals surface area contributed by atoms with Crippen molar-refractivity contribution < 1.29 is 9.90 Å². The highest BCUT2D eigenvalue weighted by atomic mass is 32.2. The van der Waals surface area contributed by atoms with Crippen LogP contribution in [0.3, 0.4) is 0 Å². The number of rotatable bonds is 3. The quantitative estimate of drug-likeness (QED) is 0.836. The van der Waals surface area contributed by atoms with Gasteiger partial charge in [0.25, 0.3) is 0 Å². The molecule has 0 radical (unpaired) electrons. The van der Waals surface area contributed by atoms with Crippen LogP contribution in [0.15, 0.2) is 40.8 Å². The van der Waals surface area contributed by atoms with Gasteiger partial charge in [0.05, 0.1) is 5.56 Å². The summed E-state index contributed by atoms with van der Waals surface area (Å²) in [5, 5.41) is 9.93. The maximum Gasteiger partial charge on any atom is 0.338 e. The first kappa shape index (κ1) is 11.5. The molecule has 0 unspecified atom stereocenters. The van der Waals surface area contributed by atoms with Crippen LogP contribution in [-0.4, -0.2) is 26.0 Å². The molecule has 17 heavy (non-hydrogen) atoms. The van der Waals surface area contributed by atoms with Gasteiger partial charge in [-0.25, -0.2) is 19.7 Å². The van der Waals surface area contributed by atoms with Crippen LogP contribution in [0.25, 0.3) is 0 Å². The average molecular weight is 247 g/mol. The van der Waals surface area contributed by atoms with Gasteiger partial charge >= 0.3 is 5.97 Å². The van der Waals surface area contributed by atoms with Crippen molar-refractivity contribution >= 4 is 17.7 Å². The summed E-state index contributed by atoms with van der Waals surface area (Å²) in [6.07, 6.45) is 3.21. The minimum Gasteiger partial charge on any atom is -0.478 e.